The molecule has 0 saturated carbocycles. The van der Waals surface area contributed by atoms with E-state index in [0.717, 1.165) is 26.1 Å². The lowest BCUT2D eigenvalue weighted by molar-refractivity contribution is 0.119. The van der Waals surface area contributed by atoms with Crippen LogP contribution in [0.4, 0.5) is 0 Å². The molecule has 2 heteroatoms. The number of aliphatic hydroxyl groups excluding tert-OH is 1. The van der Waals surface area contributed by atoms with Crippen LogP contribution in [0, 0.1) is 10.8 Å². The van der Waals surface area contributed by atoms with Gasteiger partial charge in [-0.3, -0.25) is 0 Å². The molecule has 0 aromatic rings. The molecule has 0 aromatic heterocycles. The molecule has 128 valence electrons. The van der Waals surface area contributed by atoms with Crippen LogP contribution >= 0.6 is 0 Å². The Morgan fingerprint density at radius 2 is 1.19 bits per heavy atom. The molecule has 0 unspecified atom stereocenters. The third-order valence-corrected chi connectivity index (χ3v) is 4.75. The number of hydrogen-bond donors (Lipinski definition) is 1. The third kappa shape index (κ3) is 13.3. The van der Waals surface area contributed by atoms with E-state index in [0.29, 0.717) is 17.4 Å². The maximum absolute atomic E-state index is 8.89. The fourth-order valence-corrected chi connectivity index (χ4v) is 2.58. The van der Waals surface area contributed by atoms with Crippen molar-refractivity contribution in [3.05, 3.63) is 0 Å². The predicted molar refractivity (Wildman–Crippen MR) is 92.7 cm³/mol. The van der Waals surface area contributed by atoms with Gasteiger partial charge in [0.25, 0.3) is 0 Å². The van der Waals surface area contributed by atoms with Crippen molar-refractivity contribution in [1.29, 1.82) is 0 Å². The van der Waals surface area contributed by atoms with E-state index in [2.05, 4.69) is 34.6 Å². The molecular formula is C19H40O2. The number of ether oxygens (including phenoxy) is 1. The normalized spacial score (nSPS) is 12.9. The molecule has 0 radical (unpaired) electrons. The highest BCUT2D eigenvalue weighted by Gasteiger charge is 2.16. The van der Waals surface area contributed by atoms with E-state index in [1.165, 1.54) is 44.9 Å². The maximum Gasteiger partial charge on any atom is 0.0466 e. The van der Waals surface area contributed by atoms with Crippen molar-refractivity contribution >= 4 is 0 Å². The second-order valence-electron chi connectivity index (χ2n) is 8.04. The smallest absolute Gasteiger partial charge is 0.0466 e. The summed E-state index contributed by atoms with van der Waals surface area (Å²) >= 11 is 0. The molecule has 0 aliphatic carbocycles. The fraction of sp³-hybridized carbons (Fsp3) is 1.00. The van der Waals surface area contributed by atoms with Crippen LogP contribution in [-0.2, 0) is 4.74 Å². The topological polar surface area (TPSA) is 29.5 Å². The van der Waals surface area contributed by atoms with E-state index < -0.39 is 0 Å². The second kappa shape index (κ2) is 11.5. The molecule has 0 aromatic carbocycles. The Kier molecular flexibility index (Phi) is 11.4. The molecule has 0 aliphatic rings. The molecule has 0 fully saturated rings. The summed E-state index contributed by atoms with van der Waals surface area (Å²) in [5, 5.41) is 8.89. The fourth-order valence-electron chi connectivity index (χ4n) is 2.58. The van der Waals surface area contributed by atoms with Crippen molar-refractivity contribution in [3.63, 3.8) is 0 Å². The highest BCUT2D eigenvalue weighted by Crippen LogP contribution is 2.29. The Hall–Kier alpha value is -0.0800. The van der Waals surface area contributed by atoms with E-state index >= 15 is 0 Å². The molecule has 0 spiro atoms. The van der Waals surface area contributed by atoms with Gasteiger partial charge < -0.3 is 9.84 Å². The summed E-state index contributed by atoms with van der Waals surface area (Å²) < 4.78 is 5.74. The second-order valence-corrected chi connectivity index (χ2v) is 8.04. The summed E-state index contributed by atoms with van der Waals surface area (Å²) in [4.78, 5) is 0. The van der Waals surface area contributed by atoms with E-state index in [-0.39, 0.29) is 0 Å². The Balaban J connectivity index is 3.37. The van der Waals surface area contributed by atoms with Crippen LogP contribution in [0.25, 0.3) is 0 Å². The zero-order valence-corrected chi connectivity index (χ0v) is 15.3. The van der Waals surface area contributed by atoms with Gasteiger partial charge in [-0.15, -0.1) is 0 Å². The van der Waals surface area contributed by atoms with Crippen LogP contribution in [0.5, 0.6) is 0 Å². The summed E-state index contributed by atoms with van der Waals surface area (Å²) in [5.41, 5.74) is 0.870. The van der Waals surface area contributed by atoms with Gasteiger partial charge in [0.2, 0.25) is 0 Å². The van der Waals surface area contributed by atoms with Crippen molar-refractivity contribution in [1.82, 2.24) is 0 Å². The summed E-state index contributed by atoms with van der Waals surface area (Å²) in [6.45, 7) is 13.7. The Bertz CT molecular complexity index is 234. The minimum atomic E-state index is 0.321. The molecular weight excluding hydrogens is 260 g/mol. The highest BCUT2D eigenvalue weighted by molar-refractivity contribution is 4.68. The molecule has 0 bridgehead atoms. The van der Waals surface area contributed by atoms with Crippen molar-refractivity contribution in [3.8, 4) is 0 Å². The lowest BCUT2D eigenvalue weighted by Gasteiger charge is -2.24. The first kappa shape index (κ1) is 20.9. The average molecular weight is 301 g/mol. The lowest BCUT2D eigenvalue weighted by atomic mass is 9.83. The van der Waals surface area contributed by atoms with Gasteiger partial charge >= 0.3 is 0 Å². The third-order valence-electron chi connectivity index (χ3n) is 4.75. The van der Waals surface area contributed by atoms with Crippen LogP contribution in [0.15, 0.2) is 0 Å². The molecule has 21 heavy (non-hydrogen) atoms. The van der Waals surface area contributed by atoms with Crippen LogP contribution < -0.4 is 0 Å². The average Bonchev–Trinajstić information content (AvgIpc) is 2.43. The minimum absolute atomic E-state index is 0.321. The van der Waals surface area contributed by atoms with Crippen molar-refractivity contribution in [2.45, 2.75) is 92.4 Å². The molecule has 2 nitrogen and oxygen atoms in total. The molecule has 0 atom stereocenters. The van der Waals surface area contributed by atoms with Gasteiger partial charge in [-0.05, 0) is 49.4 Å². The van der Waals surface area contributed by atoms with Crippen molar-refractivity contribution in [2.24, 2.45) is 10.8 Å². The molecule has 0 heterocycles. The first-order valence-electron chi connectivity index (χ1n) is 9.01. The van der Waals surface area contributed by atoms with Crippen LogP contribution in [0.3, 0.4) is 0 Å². The maximum atomic E-state index is 8.89. The molecule has 0 saturated heterocycles. The molecule has 1 N–H and O–H groups in total. The first-order valence-corrected chi connectivity index (χ1v) is 9.01. The zero-order chi connectivity index (χ0) is 16.2. The first-order chi connectivity index (χ1) is 9.83. The van der Waals surface area contributed by atoms with Gasteiger partial charge in [0.15, 0.2) is 0 Å². The monoisotopic (exact) mass is 300 g/mol. The summed E-state index contributed by atoms with van der Waals surface area (Å²) in [6, 6.07) is 0. The summed E-state index contributed by atoms with van der Waals surface area (Å²) in [5.74, 6) is 0. The number of aliphatic hydroxyl groups is 1. The highest BCUT2D eigenvalue weighted by atomic mass is 16.5. The summed E-state index contributed by atoms with van der Waals surface area (Å²) in [7, 11) is 0. The molecule has 0 aliphatic heterocycles. The molecule has 0 rings (SSSR count). The SMILES string of the molecule is CCC(C)(C)CCCCOCCCCC(C)(C)CCCO. The van der Waals surface area contributed by atoms with Crippen LogP contribution in [0.2, 0.25) is 0 Å². The van der Waals surface area contributed by atoms with Gasteiger partial charge in [-0.25, -0.2) is 0 Å². The van der Waals surface area contributed by atoms with Gasteiger partial charge in [-0.2, -0.15) is 0 Å². The largest absolute Gasteiger partial charge is 0.396 e. The van der Waals surface area contributed by atoms with Gasteiger partial charge in [0.1, 0.15) is 0 Å². The number of hydrogen-bond acceptors (Lipinski definition) is 2. The minimum Gasteiger partial charge on any atom is -0.396 e. The zero-order valence-electron chi connectivity index (χ0n) is 15.3. The molecule has 0 amide bonds. The quantitative estimate of drug-likeness (QED) is 0.424. The standard InChI is InChI=1S/C19H40O2/c1-6-18(2,3)12-7-9-16-21-17-10-8-13-19(4,5)14-11-15-20/h20H,6-17H2,1-5H3. The van der Waals surface area contributed by atoms with E-state index in [9.17, 15) is 0 Å². The van der Waals surface area contributed by atoms with Gasteiger partial charge in [0.05, 0.1) is 0 Å². The Morgan fingerprint density at radius 1 is 0.714 bits per heavy atom. The number of rotatable bonds is 14. The lowest BCUT2D eigenvalue weighted by Crippen LogP contribution is -2.12. The van der Waals surface area contributed by atoms with Crippen molar-refractivity contribution in [2.75, 3.05) is 19.8 Å². The van der Waals surface area contributed by atoms with Gasteiger partial charge in [-0.1, -0.05) is 53.9 Å². The van der Waals surface area contributed by atoms with Gasteiger partial charge in [0, 0.05) is 19.8 Å². The van der Waals surface area contributed by atoms with Crippen LogP contribution in [0.1, 0.15) is 92.4 Å². The van der Waals surface area contributed by atoms with E-state index in [1.54, 1.807) is 0 Å². The number of unbranched alkanes of at least 4 members (excludes halogenated alkanes) is 2. The summed E-state index contributed by atoms with van der Waals surface area (Å²) in [6.07, 6.45) is 10.8. The van der Waals surface area contributed by atoms with E-state index in [4.69, 9.17) is 9.84 Å². The van der Waals surface area contributed by atoms with Crippen molar-refractivity contribution < 1.29 is 9.84 Å². The van der Waals surface area contributed by atoms with E-state index in [1.807, 2.05) is 0 Å². The Morgan fingerprint density at radius 3 is 1.67 bits per heavy atom. The van der Waals surface area contributed by atoms with Crippen LogP contribution in [-0.4, -0.2) is 24.9 Å². The Labute approximate surface area is 133 Å². The predicted octanol–water partition coefficient (Wildman–Crippen LogP) is 5.58.